The Labute approximate surface area is 189 Å². The van der Waals surface area contributed by atoms with Gasteiger partial charge in [-0.1, -0.05) is 52.3 Å². The molecule has 156 valence electrons. The van der Waals surface area contributed by atoms with Crippen LogP contribution in [0, 0.1) is 0 Å². The van der Waals surface area contributed by atoms with E-state index in [9.17, 15) is 13.2 Å². The lowest BCUT2D eigenvalue weighted by Crippen LogP contribution is -2.37. The lowest BCUT2D eigenvalue weighted by Gasteiger charge is -2.22. The van der Waals surface area contributed by atoms with Gasteiger partial charge in [0.15, 0.2) is 0 Å². The van der Waals surface area contributed by atoms with E-state index in [2.05, 4.69) is 21.2 Å². The Hall–Kier alpha value is -2.13. The van der Waals surface area contributed by atoms with E-state index >= 15 is 0 Å². The Balaban J connectivity index is 1.85. The first-order chi connectivity index (χ1) is 14.4. The van der Waals surface area contributed by atoms with Gasteiger partial charge < -0.3 is 5.32 Å². The van der Waals surface area contributed by atoms with Crippen molar-refractivity contribution in [1.82, 2.24) is 4.31 Å². The van der Waals surface area contributed by atoms with Gasteiger partial charge in [-0.05, 0) is 54.3 Å². The summed E-state index contributed by atoms with van der Waals surface area (Å²) in [5.74, 6) is -0.398. The van der Waals surface area contributed by atoms with Crippen molar-refractivity contribution < 1.29 is 13.2 Å². The molecule has 0 fully saturated rings. The van der Waals surface area contributed by atoms with E-state index in [0.717, 1.165) is 14.9 Å². The quantitative estimate of drug-likeness (QED) is 0.438. The number of carbonyl (C=O) groups is 1. The molecular formula is C22H21BrN2O3S2. The van der Waals surface area contributed by atoms with Gasteiger partial charge in [-0.2, -0.15) is 4.31 Å². The zero-order chi connectivity index (χ0) is 21.6. The number of amides is 1. The number of halogens is 1. The van der Waals surface area contributed by atoms with Crippen molar-refractivity contribution >= 4 is 49.3 Å². The van der Waals surface area contributed by atoms with Crippen LogP contribution in [-0.4, -0.2) is 31.4 Å². The van der Waals surface area contributed by atoms with Crippen LogP contribution in [0.1, 0.15) is 5.56 Å². The standard InChI is InChI=1S/C22H21BrN2O3S2/c1-29-20-9-5-8-19(14-20)24-22(26)16-25(15-17-6-3-2-4-7-17)30(27,28)21-12-10-18(23)11-13-21/h2-14H,15-16H2,1H3,(H,24,26). The van der Waals surface area contributed by atoms with Gasteiger partial charge in [0, 0.05) is 21.6 Å². The molecule has 1 N–H and O–H groups in total. The Morgan fingerprint density at radius 2 is 1.70 bits per heavy atom. The van der Waals surface area contributed by atoms with Crippen LogP contribution in [-0.2, 0) is 21.4 Å². The zero-order valence-corrected chi connectivity index (χ0v) is 19.5. The molecule has 0 aliphatic carbocycles. The summed E-state index contributed by atoms with van der Waals surface area (Å²) in [6.45, 7) is -0.200. The number of sulfonamides is 1. The van der Waals surface area contributed by atoms with E-state index in [-0.39, 0.29) is 18.0 Å². The highest BCUT2D eigenvalue weighted by atomic mass is 79.9. The fourth-order valence-corrected chi connectivity index (χ4v) is 4.94. The highest BCUT2D eigenvalue weighted by Crippen LogP contribution is 2.22. The maximum Gasteiger partial charge on any atom is 0.243 e. The third-order valence-corrected chi connectivity index (χ3v) is 7.39. The molecule has 0 bridgehead atoms. The van der Waals surface area contributed by atoms with Crippen LogP contribution >= 0.6 is 27.7 Å². The van der Waals surface area contributed by atoms with E-state index in [1.165, 1.54) is 16.4 Å². The molecule has 0 saturated carbocycles. The number of benzene rings is 3. The van der Waals surface area contributed by atoms with Gasteiger partial charge in [0.2, 0.25) is 15.9 Å². The molecule has 3 aromatic carbocycles. The van der Waals surface area contributed by atoms with E-state index in [1.54, 1.807) is 30.0 Å². The monoisotopic (exact) mass is 504 g/mol. The average Bonchev–Trinajstić information content (AvgIpc) is 2.74. The van der Waals surface area contributed by atoms with E-state index in [4.69, 9.17) is 0 Å². The first-order valence-electron chi connectivity index (χ1n) is 9.12. The average molecular weight is 505 g/mol. The summed E-state index contributed by atoms with van der Waals surface area (Å²) in [5.41, 5.74) is 1.43. The molecule has 0 aliphatic rings. The fourth-order valence-electron chi connectivity index (χ4n) is 2.83. The number of hydrogen-bond acceptors (Lipinski definition) is 4. The molecule has 5 nitrogen and oxygen atoms in total. The normalized spacial score (nSPS) is 11.4. The van der Waals surface area contributed by atoms with Crippen LogP contribution in [0.5, 0.6) is 0 Å². The van der Waals surface area contributed by atoms with Crippen LogP contribution < -0.4 is 5.32 Å². The van der Waals surface area contributed by atoms with Gasteiger partial charge in [-0.25, -0.2) is 8.42 Å². The Morgan fingerprint density at radius 1 is 1.00 bits per heavy atom. The summed E-state index contributed by atoms with van der Waals surface area (Å²) in [7, 11) is -3.87. The van der Waals surface area contributed by atoms with Crippen LogP contribution in [0.3, 0.4) is 0 Å². The number of rotatable bonds is 8. The molecule has 0 spiro atoms. The Kier molecular flexibility index (Phi) is 7.71. The topological polar surface area (TPSA) is 66.5 Å². The summed E-state index contributed by atoms with van der Waals surface area (Å²) >= 11 is 4.88. The second kappa shape index (κ2) is 10.3. The molecule has 0 heterocycles. The maximum atomic E-state index is 13.3. The first kappa shape index (κ1) is 22.6. The SMILES string of the molecule is CSc1cccc(NC(=O)CN(Cc2ccccc2)S(=O)(=O)c2ccc(Br)cc2)c1. The van der Waals surface area contributed by atoms with Crippen molar-refractivity contribution in [3.63, 3.8) is 0 Å². The molecule has 0 aliphatic heterocycles. The molecule has 1 amide bonds. The van der Waals surface area contributed by atoms with Crippen LogP contribution in [0.25, 0.3) is 0 Å². The molecule has 3 rings (SSSR count). The smallest absolute Gasteiger partial charge is 0.243 e. The fraction of sp³-hybridized carbons (Fsp3) is 0.136. The molecular weight excluding hydrogens is 484 g/mol. The summed E-state index contributed by atoms with van der Waals surface area (Å²) in [5, 5.41) is 2.80. The van der Waals surface area contributed by atoms with Crippen LogP contribution in [0.15, 0.2) is 93.1 Å². The third-order valence-electron chi connectivity index (χ3n) is 4.33. The molecule has 0 radical (unpaired) electrons. The summed E-state index contributed by atoms with van der Waals surface area (Å²) < 4.78 is 28.5. The molecule has 8 heteroatoms. The van der Waals surface area contributed by atoms with Crippen LogP contribution in [0.2, 0.25) is 0 Å². The van der Waals surface area contributed by atoms with Crippen molar-refractivity contribution in [3.8, 4) is 0 Å². The highest BCUT2D eigenvalue weighted by molar-refractivity contribution is 9.10. The van der Waals surface area contributed by atoms with Crippen molar-refractivity contribution in [2.24, 2.45) is 0 Å². The predicted molar refractivity (Wildman–Crippen MR) is 125 cm³/mol. The molecule has 0 atom stereocenters. The van der Waals surface area contributed by atoms with Gasteiger partial charge in [-0.15, -0.1) is 11.8 Å². The second-order valence-electron chi connectivity index (χ2n) is 6.49. The number of nitrogens with one attached hydrogen (secondary N) is 1. The second-order valence-corrected chi connectivity index (χ2v) is 10.2. The molecule has 0 unspecified atom stereocenters. The molecule has 0 saturated heterocycles. The number of carbonyl (C=O) groups excluding carboxylic acids is 1. The van der Waals surface area contributed by atoms with Crippen LogP contribution in [0.4, 0.5) is 5.69 Å². The number of thioether (sulfide) groups is 1. The lowest BCUT2D eigenvalue weighted by atomic mass is 10.2. The third kappa shape index (κ3) is 5.95. The molecule has 3 aromatic rings. The van der Waals surface area contributed by atoms with Gasteiger partial charge in [0.1, 0.15) is 0 Å². The van der Waals surface area contributed by atoms with Crippen molar-refractivity contribution in [1.29, 1.82) is 0 Å². The van der Waals surface area contributed by atoms with Crippen molar-refractivity contribution in [2.75, 3.05) is 18.1 Å². The number of anilines is 1. The lowest BCUT2D eigenvalue weighted by molar-refractivity contribution is -0.116. The maximum absolute atomic E-state index is 13.3. The van der Waals surface area contributed by atoms with E-state index < -0.39 is 15.9 Å². The first-order valence-corrected chi connectivity index (χ1v) is 12.6. The Bertz CT molecular complexity index is 1100. The van der Waals surface area contributed by atoms with Gasteiger partial charge in [0.05, 0.1) is 11.4 Å². The zero-order valence-electron chi connectivity index (χ0n) is 16.3. The molecule has 30 heavy (non-hydrogen) atoms. The number of hydrogen-bond donors (Lipinski definition) is 1. The minimum atomic E-state index is -3.87. The summed E-state index contributed by atoms with van der Waals surface area (Å²) in [6.07, 6.45) is 1.95. The van der Waals surface area contributed by atoms with Gasteiger partial charge in [-0.3, -0.25) is 4.79 Å². The summed E-state index contributed by atoms with van der Waals surface area (Å²) in [6, 6.07) is 23.0. The minimum absolute atomic E-state index is 0.0948. The van der Waals surface area contributed by atoms with Gasteiger partial charge in [0.25, 0.3) is 0 Å². The van der Waals surface area contributed by atoms with E-state index in [0.29, 0.717) is 5.69 Å². The number of nitrogens with zero attached hydrogens (tertiary/aromatic N) is 1. The van der Waals surface area contributed by atoms with Crippen molar-refractivity contribution in [2.45, 2.75) is 16.3 Å². The highest BCUT2D eigenvalue weighted by Gasteiger charge is 2.27. The summed E-state index contributed by atoms with van der Waals surface area (Å²) in [4.78, 5) is 13.9. The van der Waals surface area contributed by atoms with Crippen molar-refractivity contribution in [3.05, 3.63) is 88.9 Å². The Morgan fingerprint density at radius 3 is 2.37 bits per heavy atom. The largest absolute Gasteiger partial charge is 0.325 e. The van der Waals surface area contributed by atoms with Gasteiger partial charge >= 0.3 is 0 Å². The minimum Gasteiger partial charge on any atom is -0.325 e. The molecule has 0 aromatic heterocycles. The predicted octanol–water partition coefficient (Wildman–Crippen LogP) is 5.00. The van der Waals surface area contributed by atoms with E-state index in [1.807, 2.05) is 54.8 Å².